The van der Waals surface area contributed by atoms with E-state index in [0.29, 0.717) is 6.29 Å². The summed E-state index contributed by atoms with van der Waals surface area (Å²) in [6.45, 7) is -0.204. The Balaban J connectivity index is 2.59. The third-order valence-corrected chi connectivity index (χ3v) is 1.62. The minimum Gasteiger partial charge on any atom is -0.345 e. The summed E-state index contributed by atoms with van der Waals surface area (Å²) in [7, 11) is 0. The van der Waals surface area contributed by atoms with Gasteiger partial charge in [0.2, 0.25) is 0 Å². The van der Waals surface area contributed by atoms with Crippen molar-refractivity contribution < 1.29 is 18.0 Å². The van der Waals surface area contributed by atoms with Crippen LogP contribution >= 0.6 is 0 Å². The highest BCUT2D eigenvalue weighted by atomic mass is 19.4. The number of hydrogen-bond donors (Lipinski definition) is 0. The first-order chi connectivity index (χ1) is 6.03. The standard InChI is InChI=1S/C8H8F3NO/c9-8(10,11)3-5-12-4-1-2-7(12)6-13/h1-2,4,6H,3,5H2. The van der Waals surface area contributed by atoms with Crippen LogP contribution in [-0.4, -0.2) is 17.0 Å². The van der Waals surface area contributed by atoms with Crippen LogP contribution in [0.15, 0.2) is 18.3 Å². The quantitative estimate of drug-likeness (QED) is 0.671. The number of alkyl halides is 3. The second-order valence-corrected chi connectivity index (χ2v) is 2.61. The van der Waals surface area contributed by atoms with Crippen LogP contribution in [0.1, 0.15) is 16.9 Å². The van der Waals surface area contributed by atoms with Crippen LogP contribution < -0.4 is 0 Å². The number of aldehydes is 1. The number of hydrogen-bond acceptors (Lipinski definition) is 1. The van der Waals surface area contributed by atoms with Crippen LogP contribution in [0.4, 0.5) is 13.2 Å². The molecule has 1 heterocycles. The smallest absolute Gasteiger partial charge is 0.345 e. The fraction of sp³-hybridized carbons (Fsp3) is 0.375. The minimum atomic E-state index is -4.18. The Morgan fingerprint density at radius 1 is 1.46 bits per heavy atom. The van der Waals surface area contributed by atoms with Crippen LogP contribution in [0.25, 0.3) is 0 Å². The molecular formula is C8H8F3NO. The van der Waals surface area contributed by atoms with Gasteiger partial charge in [-0.15, -0.1) is 0 Å². The number of carbonyl (C=O) groups is 1. The summed E-state index contributed by atoms with van der Waals surface area (Å²) in [5.41, 5.74) is 0.268. The monoisotopic (exact) mass is 191 g/mol. The van der Waals surface area contributed by atoms with E-state index in [1.807, 2.05) is 0 Å². The number of halogens is 3. The van der Waals surface area contributed by atoms with Crippen LogP contribution in [0.2, 0.25) is 0 Å². The lowest BCUT2D eigenvalue weighted by Gasteiger charge is -2.07. The van der Waals surface area contributed by atoms with Gasteiger partial charge in [0.05, 0.1) is 12.1 Å². The van der Waals surface area contributed by atoms with E-state index >= 15 is 0 Å². The van der Waals surface area contributed by atoms with E-state index in [4.69, 9.17) is 0 Å². The Kier molecular flexibility index (Phi) is 2.75. The molecule has 0 amide bonds. The molecule has 0 spiro atoms. The largest absolute Gasteiger partial charge is 0.390 e. The molecule has 1 aromatic heterocycles. The Bertz CT molecular complexity index is 290. The molecular weight excluding hydrogens is 183 g/mol. The molecule has 0 N–H and O–H groups in total. The summed E-state index contributed by atoms with van der Waals surface area (Å²) in [4.78, 5) is 10.3. The average Bonchev–Trinajstić information content (AvgIpc) is 2.46. The van der Waals surface area contributed by atoms with Crippen molar-refractivity contribution in [1.82, 2.24) is 4.57 Å². The van der Waals surface area contributed by atoms with Gasteiger partial charge in [-0.2, -0.15) is 13.2 Å². The third kappa shape index (κ3) is 2.93. The molecule has 72 valence electrons. The predicted molar refractivity (Wildman–Crippen MR) is 40.5 cm³/mol. The molecule has 0 aromatic carbocycles. The molecule has 1 rings (SSSR count). The normalized spacial score (nSPS) is 11.6. The first-order valence-corrected chi connectivity index (χ1v) is 3.70. The second-order valence-electron chi connectivity index (χ2n) is 2.61. The zero-order chi connectivity index (χ0) is 9.90. The lowest BCUT2D eigenvalue weighted by atomic mass is 10.4. The van der Waals surface area contributed by atoms with Gasteiger partial charge in [0.25, 0.3) is 0 Å². The number of aromatic nitrogens is 1. The molecule has 0 atom stereocenters. The van der Waals surface area contributed by atoms with Gasteiger partial charge in [-0.25, -0.2) is 0 Å². The molecule has 0 aliphatic rings. The highest BCUT2D eigenvalue weighted by Gasteiger charge is 2.26. The van der Waals surface area contributed by atoms with E-state index in [0.717, 1.165) is 0 Å². The molecule has 2 nitrogen and oxygen atoms in total. The highest BCUT2D eigenvalue weighted by molar-refractivity contribution is 5.72. The molecule has 0 saturated heterocycles. The van der Waals surface area contributed by atoms with Crippen molar-refractivity contribution in [2.45, 2.75) is 19.1 Å². The SMILES string of the molecule is O=Cc1cccn1CCC(F)(F)F. The fourth-order valence-electron chi connectivity index (χ4n) is 0.985. The van der Waals surface area contributed by atoms with Crippen LogP contribution in [-0.2, 0) is 6.54 Å². The maximum atomic E-state index is 11.8. The van der Waals surface area contributed by atoms with Gasteiger partial charge in [0.15, 0.2) is 6.29 Å². The molecule has 0 saturated carbocycles. The Morgan fingerprint density at radius 3 is 2.69 bits per heavy atom. The van der Waals surface area contributed by atoms with Gasteiger partial charge in [0.1, 0.15) is 0 Å². The van der Waals surface area contributed by atoms with Crippen molar-refractivity contribution in [3.8, 4) is 0 Å². The zero-order valence-corrected chi connectivity index (χ0v) is 6.71. The number of carbonyl (C=O) groups excluding carboxylic acids is 1. The molecule has 5 heteroatoms. The van der Waals surface area contributed by atoms with Crippen LogP contribution in [0.5, 0.6) is 0 Å². The fourth-order valence-corrected chi connectivity index (χ4v) is 0.985. The Labute approximate surface area is 73.0 Å². The van der Waals surface area contributed by atoms with Crippen molar-refractivity contribution in [2.24, 2.45) is 0 Å². The summed E-state index contributed by atoms with van der Waals surface area (Å²) in [6, 6.07) is 3.02. The Morgan fingerprint density at radius 2 is 2.15 bits per heavy atom. The molecule has 0 aliphatic carbocycles. The summed E-state index contributed by atoms with van der Waals surface area (Å²) in [5, 5.41) is 0. The molecule has 1 aromatic rings. The van der Waals surface area contributed by atoms with E-state index in [2.05, 4.69) is 0 Å². The first kappa shape index (κ1) is 9.83. The molecule has 0 aliphatic heterocycles. The topological polar surface area (TPSA) is 22.0 Å². The van der Waals surface area contributed by atoms with Crippen molar-refractivity contribution >= 4 is 6.29 Å². The van der Waals surface area contributed by atoms with E-state index in [9.17, 15) is 18.0 Å². The van der Waals surface area contributed by atoms with Gasteiger partial charge < -0.3 is 4.57 Å². The summed E-state index contributed by atoms with van der Waals surface area (Å²) in [6.07, 6.45) is -3.10. The number of nitrogens with zero attached hydrogens (tertiary/aromatic N) is 1. The van der Waals surface area contributed by atoms with E-state index in [1.54, 1.807) is 6.07 Å². The van der Waals surface area contributed by atoms with Gasteiger partial charge in [-0.05, 0) is 12.1 Å². The second kappa shape index (κ2) is 3.64. The van der Waals surface area contributed by atoms with Gasteiger partial charge in [-0.3, -0.25) is 4.79 Å². The van der Waals surface area contributed by atoms with Gasteiger partial charge in [-0.1, -0.05) is 0 Å². The number of rotatable bonds is 3. The number of aryl methyl sites for hydroxylation is 1. The predicted octanol–water partition coefficient (Wildman–Crippen LogP) is 2.25. The van der Waals surface area contributed by atoms with E-state index < -0.39 is 12.6 Å². The molecule has 0 bridgehead atoms. The highest BCUT2D eigenvalue weighted by Crippen LogP contribution is 2.20. The first-order valence-electron chi connectivity index (χ1n) is 3.70. The minimum absolute atomic E-state index is 0.204. The molecule has 0 fully saturated rings. The van der Waals surface area contributed by atoms with Crippen molar-refractivity contribution in [3.05, 3.63) is 24.0 Å². The molecule has 0 radical (unpaired) electrons. The zero-order valence-electron chi connectivity index (χ0n) is 6.71. The molecule has 0 unspecified atom stereocenters. The van der Waals surface area contributed by atoms with E-state index in [1.165, 1.54) is 16.8 Å². The average molecular weight is 191 g/mol. The van der Waals surface area contributed by atoms with Crippen molar-refractivity contribution in [3.63, 3.8) is 0 Å². The van der Waals surface area contributed by atoms with Crippen LogP contribution in [0.3, 0.4) is 0 Å². The molecule has 13 heavy (non-hydrogen) atoms. The maximum absolute atomic E-state index is 11.8. The van der Waals surface area contributed by atoms with Crippen molar-refractivity contribution in [2.75, 3.05) is 0 Å². The van der Waals surface area contributed by atoms with Gasteiger partial charge in [0, 0.05) is 12.7 Å². The third-order valence-electron chi connectivity index (χ3n) is 1.62. The van der Waals surface area contributed by atoms with Crippen LogP contribution in [0, 0.1) is 0 Å². The van der Waals surface area contributed by atoms with E-state index in [-0.39, 0.29) is 12.2 Å². The lowest BCUT2D eigenvalue weighted by molar-refractivity contribution is -0.136. The van der Waals surface area contributed by atoms with Crippen molar-refractivity contribution in [1.29, 1.82) is 0 Å². The summed E-state index contributed by atoms with van der Waals surface area (Å²) in [5.74, 6) is 0. The van der Waals surface area contributed by atoms with Gasteiger partial charge >= 0.3 is 6.18 Å². The maximum Gasteiger partial charge on any atom is 0.390 e. The lowest BCUT2D eigenvalue weighted by Crippen LogP contribution is -2.12. The summed E-state index contributed by atoms with van der Waals surface area (Å²) < 4.78 is 36.6. The Hall–Kier alpha value is -1.26. The summed E-state index contributed by atoms with van der Waals surface area (Å²) >= 11 is 0.